The Morgan fingerprint density at radius 1 is 1.33 bits per heavy atom. The predicted molar refractivity (Wildman–Crippen MR) is 62.3 cm³/mol. The first-order chi connectivity index (χ1) is 7.22. The van der Waals surface area contributed by atoms with Crippen molar-refractivity contribution in [2.75, 3.05) is 27.2 Å². The molecule has 0 atom stereocenters. The van der Waals surface area contributed by atoms with Crippen LogP contribution in [0.15, 0.2) is 18.3 Å². The Morgan fingerprint density at radius 3 is 2.67 bits per heavy atom. The fraction of sp³-hybridized carbons (Fsp3) is 0.583. The average molecular weight is 208 g/mol. The smallest absolute Gasteiger partial charge is 0.213 e. The van der Waals surface area contributed by atoms with Gasteiger partial charge in [0.25, 0.3) is 0 Å². The molecule has 0 saturated carbocycles. The van der Waals surface area contributed by atoms with E-state index in [1.807, 2.05) is 12.3 Å². The monoisotopic (exact) mass is 208 g/mol. The van der Waals surface area contributed by atoms with E-state index < -0.39 is 0 Å². The summed E-state index contributed by atoms with van der Waals surface area (Å²) in [5, 5.41) is 0. The summed E-state index contributed by atoms with van der Waals surface area (Å²) >= 11 is 0. The zero-order valence-electron chi connectivity index (χ0n) is 9.86. The number of ether oxygens (including phenoxy) is 1. The summed E-state index contributed by atoms with van der Waals surface area (Å²) in [4.78, 5) is 6.38. The highest BCUT2D eigenvalue weighted by atomic mass is 16.5. The van der Waals surface area contributed by atoms with Crippen LogP contribution >= 0.6 is 0 Å². The van der Waals surface area contributed by atoms with Gasteiger partial charge in [-0.1, -0.05) is 13.0 Å². The van der Waals surface area contributed by atoms with E-state index in [0.717, 1.165) is 31.9 Å². The molecule has 1 rings (SSSR count). The van der Waals surface area contributed by atoms with E-state index in [1.54, 1.807) is 0 Å². The molecule has 0 aliphatic carbocycles. The van der Waals surface area contributed by atoms with Gasteiger partial charge < -0.3 is 9.64 Å². The molecule has 0 amide bonds. The molecule has 84 valence electrons. The molecule has 0 bridgehead atoms. The van der Waals surface area contributed by atoms with E-state index in [0.29, 0.717) is 0 Å². The second kappa shape index (κ2) is 6.40. The molecule has 3 nitrogen and oxygen atoms in total. The van der Waals surface area contributed by atoms with Crippen molar-refractivity contribution < 1.29 is 4.74 Å². The lowest BCUT2D eigenvalue weighted by atomic mass is 10.2. The summed E-state index contributed by atoms with van der Waals surface area (Å²) in [5.74, 6) is 0.728. The molecule has 0 unspecified atom stereocenters. The quantitative estimate of drug-likeness (QED) is 0.668. The van der Waals surface area contributed by atoms with E-state index in [4.69, 9.17) is 4.74 Å². The Bertz CT molecular complexity index is 269. The minimum atomic E-state index is 0.728. The van der Waals surface area contributed by atoms with Crippen LogP contribution in [0.25, 0.3) is 0 Å². The molecule has 1 aromatic rings. The molecule has 3 heteroatoms. The van der Waals surface area contributed by atoms with Gasteiger partial charge in [0.1, 0.15) is 0 Å². The van der Waals surface area contributed by atoms with Gasteiger partial charge in [0, 0.05) is 18.8 Å². The second-order valence-electron chi connectivity index (χ2n) is 3.86. The zero-order valence-corrected chi connectivity index (χ0v) is 9.86. The van der Waals surface area contributed by atoms with E-state index in [2.05, 4.69) is 37.0 Å². The molecule has 1 aromatic heterocycles. The number of pyridine rings is 1. The van der Waals surface area contributed by atoms with E-state index in [9.17, 15) is 0 Å². The molecule has 0 saturated heterocycles. The van der Waals surface area contributed by atoms with Crippen LogP contribution in [0.4, 0.5) is 0 Å². The molecule has 0 fully saturated rings. The highest BCUT2D eigenvalue weighted by molar-refractivity contribution is 5.17. The van der Waals surface area contributed by atoms with Crippen molar-refractivity contribution in [1.29, 1.82) is 0 Å². The van der Waals surface area contributed by atoms with Crippen LogP contribution in [-0.4, -0.2) is 37.1 Å². The summed E-state index contributed by atoms with van der Waals surface area (Å²) in [5.41, 5.74) is 1.25. The molecule has 15 heavy (non-hydrogen) atoms. The average Bonchev–Trinajstić information content (AvgIpc) is 2.25. The summed E-state index contributed by atoms with van der Waals surface area (Å²) in [7, 11) is 4.13. The van der Waals surface area contributed by atoms with Gasteiger partial charge in [-0.2, -0.15) is 0 Å². The summed E-state index contributed by atoms with van der Waals surface area (Å²) in [6, 6.07) is 4.00. The maximum absolute atomic E-state index is 5.52. The number of nitrogens with zero attached hydrogens (tertiary/aromatic N) is 2. The maximum Gasteiger partial charge on any atom is 0.213 e. The van der Waals surface area contributed by atoms with Crippen molar-refractivity contribution in [3.05, 3.63) is 23.9 Å². The van der Waals surface area contributed by atoms with Crippen molar-refractivity contribution in [2.45, 2.75) is 19.8 Å². The lowest BCUT2D eigenvalue weighted by Gasteiger charge is -2.09. The van der Waals surface area contributed by atoms with Gasteiger partial charge in [0.2, 0.25) is 5.88 Å². The summed E-state index contributed by atoms with van der Waals surface area (Å²) < 4.78 is 5.52. The highest BCUT2D eigenvalue weighted by Crippen LogP contribution is 2.08. The highest BCUT2D eigenvalue weighted by Gasteiger charge is 1.96. The molecular formula is C12H20N2O. The van der Waals surface area contributed by atoms with Crippen molar-refractivity contribution in [3.63, 3.8) is 0 Å². The van der Waals surface area contributed by atoms with Gasteiger partial charge >= 0.3 is 0 Å². The van der Waals surface area contributed by atoms with Crippen LogP contribution in [0.1, 0.15) is 18.9 Å². The topological polar surface area (TPSA) is 25.4 Å². The summed E-state index contributed by atoms with van der Waals surface area (Å²) in [6.45, 7) is 3.90. The number of rotatable bonds is 6. The van der Waals surface area contributed by atoms with E-state index in [1.165, 1.54) is 5.56 Å². The van der Waals surface area contributed by atoms with Crippen LogP contribution in [0.3, 0.4) is 0 Å². The zero-order chi connectivity index (χ0) is 11.1. The van der Waals surface area contributed by atoms with Crippen molar-refractivity contribution in [2.24, 2.45) is 0 Å². The van der Waals surface area contributed by atoms with Gasteiger partial charge in [0.15, 0.2) is 0 Å². The van der Waals surface area contributed by atoms with Gasteiger partial charge in [-0.25, -0.2) is 4.98 Å². The van der Waals surface area contributed by atoms with Crippen LogP contribution in [-0.2, 0) is 6.42 Å². The number of hydrogen-bond donors (Lipinski definition) is 0. The largest absolute Gasteiger partial charge is 0.478 e. The van der Waals surface area contributed by atoms with Crippen LogP contribution < -0.4 is 4.74 Å². The minimum absolute atomic E-state index is 0.728. The Kier molecular flexibility index (Phi) is 5.12. The van der Waals surface area contributed by atoms with Gasteiger partial charge in [-0.15, -0.1) is 0 Å². The second-order valence-corrected chi connectivity index (χ2v) is 3.86. The third-order valence-corrected chi connectivity index (χ3v) is 2.21. The van der Waals surface area contributed by atoms with E-state index >= 15 is 0 Å². The molecule has 0 spiro atoms. The Balaban J connectivity index is 2.25. The fourth-order valence-electron chi connectivity index (χ4n) is 1.26. The molecule has 0 N–H and O–H groups in total. The Morgan fingerprint density at radius 2 is 2.13 bits per heavy atom. The lowest BCUT2D eigenvalue weighted by molar-refractivity contribution is 0.273. The number of aryl methyl sites for hydroxylation is 1. The maximum atomic E-state index is 5.52. The Hall–Kier alpha value is -1.09. The fourth-order valence-corrected chi connectivity index (χ4v) is 1.26. The Labute approximate surface area is 92.1 Å². The molecule has 0 aliphatic rings. The summed E-state index contributed by atoms with van der Waals surface area (Å²) in [6.07, 6.45) is 3.93. The third kappa shape index (κ3) is 4.79. The number of hydrogen-bond acceptors (Lipinski definition) is 3. The molecule has 0 aromatic carbocycles. The van der Waals surface area contributed by atoms with Crippen molar-refractivity contribution in [1.82, 2.24) is 9.88 Å². The van der Waals surface area contributed by atoms with Crippen LogP contribution in [0.2, 0.25) is 0 Å². The van der Waals surface area contributed by atoms with Crippen molar-refractivity contribution >= 4 is 0 Å². The van der Waals surface area contributed by atoms with Crippen LogP contribution in [0, 0.1) is 0 Å². The van der Waals surface area contributed by atoms with E-state index in [-0.39, 0.29) is 0 Å². The SMILES string of the molecule is CCc1ccc(OCCCN(C)C)nc1. The predicted octanol–water partition coefficient (Wildman–Crippen LogP) is 1.97. The molecule has 1 heterocycles. The third-order valence-electron chi connectivity index (χ3n) is 2.21. The molecule has 0 aliphatic heterocycles. The first-order valence-corrected chi connectivity index (χ1v) is 5.45. The van der Waals surface area contributed by atoms with Gasteiger partial charge in [-0.3, -0.25) is 0 Å². The first kappa shape index (κ1) is 12.0. The lowest BCUT2D eigenvalue weighted by Crippen LogP contribution is -2.15. The first-order valence-electron chi connectivity index (χ1n) is 5.45. The standard InChI is InChI=1S/C12H20N2O/c1-4-11-6-7-12(13-10-11)15-9-5-8-14(2)3/h6-7,10H,4-5,8-9H2,1-3H3. The van der Waals surface area contributed by atoms with Gasteiger partial charge in [-0.05, 0) is 32.5 Å². The van der Waals surface area contributed by atoms with Crippen LogP contribution in [0.5, 0.6) is 5.88 Å². The normalized spacial score (nSPS) is 10.7. The van der Waals surface area contributed by atoms with Gasteiger partial charge in [0.05, 0.1) is 6.61 Å². The molecular weight excluding hydrogens is 188 g/mol. The van der Waals surface area contributed by atoms with Crippen molar-refractivity contribution in [3.8, 4) is 5.88 Å². The number of aromatic nitrogens is 1. The minimum Gasteiger partial charge on any atom is -0.478 e. The molecule has 0 radical (unpaired) electrons.